The number of ether oxygens (including phenoxy) is 2. The van der Waals surface area contributed by atoms with Crippen molar-refractivity contribution in [3.63, 3.8) is 0 Å². The summed E-state index contributed by atoms with van der Waals surface area (Å²) in [5.74, 6) is 1.06. The summed E-state index contributed by atoms with van der Waals surface area (Å²) in [6, 6.07) is 23.8. The molecule has 0 atom stereocenters. The van der Waals surface area contributed by atoms with E-state index in [2.05, 4.69) is 0 Å². The Bertz CT molecular complexity index is 1090. The second-order valence-electron chi connectivity index (χ2n) is 7.16. The number of hydrogen-bond donors (Lipinski definition) is 0. The summed E-state index contributed by atoms with van der Waals surface area (Å²) in [5, 5.41) is 0. The Kier molecular flexibility index (Phi) is 5.30. The zero-order valence-electron chi connectivity index (χ0n) is 16.5. The van der Waals surface area contributed by atoms with E-state index in [-0.39, 0.29) is 5.97 Å². The second kappa shape index (κ2) is 8.19. The first-order valence-corrected chi connectivity index (χ1v) is 9.58. The molecule has 3 aromatic carbocycles. The number of carbonyl (C=O) groups is 1. The molecule has 0 aromatic heterocycles. The molecule has 3 heteroatoms. The smallest absolute Gasteiger partial charge is 0.343 e. The summed E-state index contributed by atoms with van der Waals surface area (Å²) in [6.45, 7) is 4.56. The van der Waals surface area contributed by atoms with Crippen molar-refractivity contribution in [3.05, 3.63) is 112 Å². The SMILES string of the molecule is Cc1ccc(C)c(C2=C/C(=C/c3ccc(OCc4ccccc4)cc3)C(=O)O2)c1. The maximum atomic E-state index is 12.3. The third-order valence-electron chi connectivity index (χ3n) is 4.83. The minimum Gasteiger partial charge on any atom is -0.489 e. The largest absolute Gasteiger partial charge is 0.489 e. The number of hydrogen-bond acceptors (Lipinski definition) is 3. The van der Waals surface area contributed by atoms with Crippen LogP contribution < -0.4 is 4.74 Å². The highest BCUT2D eigenvalue weighted by Crippen LogP contribution is 2.30. The molecule has 0 bridgehead atoms. The van der Waals surface area contributed by atoms with Gasteiger partial charge in [0, 0.05) is 5.56 Å². The van der Waals surface area contributed by atoms with E-state index in [9.17, 15) is 4.79 Å². The van der Waals surface area contributed by atoms with Gasteiger partial charge in [0.2, 0.25) is 0 Å². The minimum absolute atomic E-state index is 0.328. The Morgan fingerprint density at radius 2 is 1.69 bits per heavy atom. The van der Waals surface area contributed by atoms with Crippen LogP contribution in [-0.4, -0.2) is 5.97 Å². The quantitative estimate of drug-likeness (QED) is 0.409. The van der Waals surface area contributed by atoms with Crippen LogP contribution in [0.15, 0.2) is 84.4 Å². The van der Waals surface area contributed by atoms with Gasteiger partial charge in [0.1, 0.15) is 18.1 Å². The van der Waals surface area contributed by atoms with Crippen molar-refractivity contribution in [2.45, 2.75) is 20.5 Å². The lowest BCUT2D eigenvalue weighted by atomic mass is 10.0. The fourth-order valence-corrected chi connectivity index (χ4v) is 3.20. The first-order chi connectivity index (χ1) is 14.1. The molecule has 3 aromatic rings. The summed E-state index contributed by atoms with van der Waals surface area (Å²) in [6.07, 6.45) is 3.64. The predicted molar refractivity (Wildman–Crippen MR) is 115 cm³/mol. The summed E-state index contributed by atoms with van der Waals surface area (Å²) in [4.78, 5) is 12.3. The Morgan fingerprint density at radius 1 is 0.931 bits per heavy atom. The average molecular weight is 382 g/mol. The van der Waals surface area contributed by atoms with Crippen molar-refractivity contribution in [2.75, 3.05) is 0 Å². The van der Waals surface area contributed by atoms with Crippen LogP contribution in [0.3, 0.4) is 0 Å². The molecule has 3 nitrogen and oxygen atoms in total. The van der Waals surface area contributed by atoms with Crippen molar-refractivity contribution in [1.29, 1.82) is 0 Å². The molecule has 144 valence electrons. The minimum atomic E-state index is -0.328. The standard InChI is InChI=1S/C26H22O3/c1-18-8-9-19(2)24(14-18)25-16-22(26(27)29-25)15-20-10-12-23(13-11-20)28-17-21-6-4-3-5-7-21/h3-16H,17H2,1-2H3/b22-15-. The number of cyclic esters (lactones) is 1. The molecule has 29 heavy (non-hydrogen) atoms. The van der Waals surface area contributed by atoms with E-state index < -0.39 is 0 Å². The highest BCUT2D eigenvalue weighted by molar-refractivity contribution is 6.05. The van der Waals surface area contributed by atoms with Crippen molar-refractivity contribution in [2.24, 2.45) is 0 Å². The zero-order valence-corrected chi connectivity index (χ0v) is 16.5. The third-order valence-corrected chi connectivity index (χ3v) is 4.83. The van der Waals surface area contributed by atoms with Crippen LogP contribution in [0.2, 0.25) is 0 Å². The molecular weight excluding hydrogens is 360 g/mol. The lowest BCUT2D eigenvalue weighted by Crippen LogP contribution is -1.98. The van der Waals surface area contributed by atoms with Gasteiger partial charge < -0.3 is 9.47 Å². The topological polar surface area (TPSA) is 35.5 Å². The fraction of sp³-hybridized carbons (Fsp3) is 0.115. The maximum absolute atomic E-state index is 12.3. The lowest BCUT2D eigenvalue weighted by molar-refractivity contribution is -0.130. The van der Waals surface area contributed by atoms with Gasteiger partial charge in [-0.2, -0.15) is 0 Å². The Morgan fingerprint density at radius 3 is 2.45 bits per heavy atom. The first kappa shape index (κ1) is 18.8. The maximum Gasteiger partial charge on any atom is 0.343 e. The van der Waals surface area contributed by atoms with Gasteiger partial charge >= 0.3 is 5.97 Å². The molecule has 0 saturated heterocycles. The van der Waals surface area contributed by atoms with E-state index in [1.54, 1.807) is 0 Å². The van der Waals surface area contributed by atoms with E-state index in [0.29, 0.717) is 17.9 Å². The summed E-state index contributed by atoms with van der Waals surface area (Å²) >= 11 is 0. The molecule has 0 unspecified atom stereocenters. The van der Waals surface area contributed by atoms with Gasteiger partial charge in [0.15, 0.2) is 0 Å². The van der Waals surface area contributed by atoms with E-state index in [1.807, 2.05) is 98.8 Å². The van der Waals surface area contributed by atoms with Crippen LogP contribution in [0.1, 0.15) is 27.8 Å². The summed E-state index contributed by atoms with van der Waals surface area (Å²) in [7, 11) is 0. The fourth-order valence-electron chi connectivity index (χ4n) is 3.20. The van der Waals surface area contributed by atoms with Crippen LogP contribution >= 0.6 is 0 Å². The molecule has 1 aliphatic heterocycles. The Labute approximate surface area is 170 Å². The molecule has 0 spiro atoms. The van der Waals surface area contributed by atoms with Crippen LogP contribution in [0.25, 0.3) is 11.8 Å². The molecule has 1 aliphatic rings. The molecule has 0 saturated carbocycles. The van der Waals surface area contributed by atoms with Crippen LogP contribution in [-0.2, 0) is 16.1 Å². The van der Waals surface area contributed by atoms with Gasteiger partial charge in [0.05, 0.1) is 5.57 Å². The molecule has 0 aliphatic carbocycles. The first-order valence-electron chi connectivity index (χ1n) is 9.58. The lowest BCUT2D eigenvalue weighted by Gasteiger charge is -2.06. The van der Waals surface area contributed by atoms with Crippen molar-refractivity contribution in [1.82, 2.24) is 0 Å². The molecule has 0 radical (unpaired) electrons. The van der Waals surface area contributed by atoms with Crippen LogP contribution in [0.4, 0.5) is 0 Å². The number of benzene rings is 3. The second-order valence-corrected chi connectivity index (χ2v) is 7.16. The van der Waals surface area contributed by atoms with Gasteiger partial charge in [-0.15, -0.1) is 0 Å². The van der Waals surface area contributed by atoms with Gasteiger partial charge in [-0.25, -0.2) is 4.79 Å². The normalized spacial score (nSPS) is 14.6. The van der Waals surface area contributed by atoms with E-state index in [1.165, 1.54) is 0 Å². The molecule has 0 amide bonds. The Balaban J connectivity index is 1.49. The molecule has 4 rings (SSSR count). The van der Waals surface area contributed by atoms with Gasteiger partial charge in [-0.05, 0) is 60.9 Å². The number of esters is 1. The Hall–Kier alpha value is -3.59. The van der Waals surface area contributed by atoms with Gasteiger partial charge in [0.25, 0.3) is 0 Å². The van der Waals surface area contributed by atoms with Gasteiger partial charge in [-0.3, -0.25) is 0 Å². The van der Waals surface area contributed by atoms with E-state index in [0.717, 1.165) is 33.6 Å². The van der Waals surface area contributed by atoms with E-state index in [4.69, 9.17) is 9.47 Å². The average Bonchev–Trinajstić information content (AvgIpc) is 3.10. The number of rotatable bonds is 5. The summed E-state index contributed by atoms with van der Waals surface area (Å²) < 4.78 is 11.3. The predicted octanol–water partition coefficient (Wildman–Crippen LogP) is 5.86. The van der Waals surface area contributed by atoms with Crippen molar-refractivity contribution < 1.29 is 14.3 Å². The molecular formula is C26H22O3. The number of carbonyl (C=O) groups excluding carboxylic acids is 1. The van der Waals surface area contributed by atoms with Gasteiger partial charge in [-0.1, -0.05) is 60.2 Å². The van der Waals surface area contributed by atoms with Crippen molar-refractivity contribution >= 4 is 17.8 Å². The highest BCUT2D eigenvalue weighted by atomic mass is 16.5. The third kappa shape index (κ3) is 4.46. The molecule has 0 fully saturated rings. The monoisotopic (exact) mass is 382 g/mol. The van der Waals surface area contributed by atoms with Crippen molar-refractivity contribution in [3.8, 4) is 5.75 Å². The van der Waals surface area contributed by atoms with E-state index >= 15 is 0 Å². The molecule has 1 heterocycles. The zero-order chi connectivity index (χ0) is 20.2. The number of aryl methyl sites for hydroxylation is 2. The summed E-state index contributed by atoms with van der Waals surface area (Å²) in [5.41, 5.74) is 5.74. The molecule has 0 N–H and O–H groups in total. The van der Waals surface area contributed by atoms with Crippen LogP contribution in [0, 0.1) is 13.8 Å². The highest BCUT2D eigenvalue weighted by Gasteiger charge is 2.23. The van der Waals surface area contributed by atoms with Crippen LogP contribution in [0.5, 0.6) is 5.75 Å².